The first-order valence-corrected chi connectivity index (χ1v) is 8.83. The van der Waals surface area contributed by atoms with E-state index in [9.17, 15) is 4.79 Å². The van der Waals surface area contributed by atoms with E-state index in [2.05, 4.69) is 24.0 Å². The quantitative estimate of drug-likeness (QED) is 0.577. The summed E-state index contributed by atoms with van der Waals surface area (Å²) in [5.41, 5.74) is 4.04. The van der Waals surface area contributed by atoms with Gasteiger partial charge in [0.2, 0.25) is 5.88 Å². The number of rotatable bonds is 7. The maximum atomic E-state index is 10.6. The van der Waals surface area contributed by atoms with Gasteiger partial charge in [-0.2, -0.15) is 0 Å². The number of aliphatic carboxylic acids is 1. The van der Waals surface area contributed by atoms with Crippen LogP contribution in [0.15, 0.2) is 66.9 Å². The second-order valence-corrected chi connectivity index (χ2v) is 6.40. The molecule has 5 heteroatoms. The Labute approximate surface area is 163 Å². The maximum absolute atomic E-state index is 10.6. The van der Waals surface area contributed by atoms with Crippen molar-refractivity contribution in [3.8, 4) is 17.4 Å². The van der Waals surface area contributed by atoms with Crippen molar-refractivity contribution in [1.82, 2.24) is 4.98 Å². The third kappa shape index (κ3) is 5.45. The minimum Gasteiger partial charge on any atom is -0.487 e. The van der Waals surface area contributed by atoms with E-state index >= 15 is 0 Å². The molecule has 0 aliphatic carbocycles. The molecule has 0 amide bonds. The summed E-state index contributed by atoms with van der Waals surface area (Å²) in [6, 6.07) is 17.2. The highest BCUT2D eigenvalue weighted by Crippen LogP contribution is 2.24. The van der Waals surface area contributed by atoms with Crippen molar-refractivity contribution in [2.24, 2.45) is 0 Å². The van der Waals surface area contributed by atoms with Gasteiger partial charge in [-0.05, 0) is 54.8 Å². The number of aromatic nitrogens is 1. The van der Waals surface area contributed by atoms with Crippen LogP contribution in [0.2, 0.25) is 0 Å². The molecule has 0 spiro atoms. The van der Waals surface area contributed by atoms with Gasteiger partial charge in [-0.3, -0.25) is 0 Å². The van der Waals surface area contributed by atoms with Crippen LogP contribution < -0.4 is 9.47 Å². The first-order chi connectivity index (χ1) is 13.5. The fourth-order valence-electron chi connectivity index (χ4n) is 2.54. The zero-order valence-corrected chi connectivity index (χ0v) is 15.8. The molecule has 0 radical (unpaired) electrons. The van der Waals surface area contributed by atoms with Crippen LogP contribution in [0.1, 0.15) is 22.3 Å². The number of benzene rings is 2. The number of aryl methyl sites for hydroxylation is 2. The number of carboxylic acids is 1. The molecule has 1 heterocycles. The van der Waals surface area contributed by atoms with Gasteiger partial charge in [0.05, 0.1) is 6.20 Å². The van der Waals surface area contributed by atoms with Crippen molar-refractivity contribution >= 4 is 12.0 Å². The van der Waals surface area contributed by atoms with Crippen LogP contribution in [-0.4, -0.2) is 16.1 Å². The van der Waals surface area contributed by atoms with E-state index in [1.54, 1.807) is 24.4 Å². The topological polar surface area (TPSA) is 68.7 Å². The SMILES string of the molecule is Cc1ccc(COc2ccc(Oc3ccc(C=CC(=O)O)c(C)c3)nc2)cc1. The molecule has 0 aliphatic rings. The molecule has 1 aromatic heterocycles. The summed E-state index contributed by atoms with van der Waals surface area (Å²) in [5, 5.41) is 8.72. The number of nitrogens with zero attached hydrogens (tertiary/aromatic N) is 1. The summed E-state index contributed by atoms with van der Waals surface area (Å²) >= 11 is 0. The van der Waals surface area contributed by atoms with Gasteiger partial charge in [0, 0.05) is 12.1 Å². The number of pyridine rings is 1. The molecule has 142 valence electrons. The summed E-state index contributed by atoms with van der Waals surface area (Å²) < 4.78 is 11.5. The summed E-state index contributed by atoms with van der Waals surface area (Å²) in [5.74, 6) is 0.772. The van der Waals surface area contributed by atoms with E-state index in [0.29, 0.717) is 24.0 Å². The van der Waals surface area contributed by atoms with Crippen LogP contribution >= 0.6 is 0 Å². The fraction of sp³-hybridized carbons (Fsp3) is 0.130. The number of carboxylic acid groups (broad SMARTS) is 1. The molecular weight excluding hydrogens is 354 g/mol. The number of hydrogen-bond donors (Lipinski definition) is 1. The molecule has 0 unspecified atom stereocenters. The largest absolute Gasteiger partial charge is 0.487 e. The molecule has 3 rings (SSSR count). The lowest BCUT2D eigenvalue weighted by Crippen LogP contribution is -1.96. The minimum absolute atomic E-state index is 0.455. The highest BCUT2D eigenvalue weighted by atomic mass is 16.5. The van der Waals surface area contributed by atoms with E-state index in [-0.39, 0.29) is 0 Å². The van der Waals surface area contributed by atoms with Gasteiger partial charge < -0.3 is 14.6 Å². The van der Waals surface area contributed by atoms with Crippen molar-refractivity contribution in [2.75, 3.05) is 0 Å². The Balaban J connectivity index is 1.60. The van der Waals surface area contributed by atoms with E-state index < -0.39 is 5.97 Å². The van der Waals surface area contributed by atoms with Gasteiger partial charge in [-0.15, -0.1) is 0 Å². The van der Waals surface area contributed by atoms with Gasteiger partial charge >= 0.3 is 5.97 Å². The summed E-state index contributed by atoms with van der Waals surface area (Å²) in [6.45, 7) is 4.42. The smallest absolute Gasteiger partial charge is 0.328 e. The van der Waals surface area contributed by atoms with Crippen LogP contribution in [0.3, 0.4) is 0 Å². The zero-order valence-electron chi connectivity index (χ0n) is 15.8. The molecule has 3 aromatic rings. The average Bonchev–Trinajstić information content (AvgIpc) is 2.68. The fourth-order valence-corrected chi connectivity index (χ4v) is 2.54. The molecule has 0 saturated carbocycles. The Morgan fingerprint density at radius 1 is 1.04 bits per heavy atom. The zero-order chi connectivity index (χ0) is 19.9. The maximum Gasteiger partial charge on any atom is 0.328 e. The van der Waals surface area contributed by atoms with Crippen LogP contribution in [0.5, 0.6) is 17.4 Å². The Hall–Kier alpha value is -3.60. The van der Waals surface area contributed by atoms with Crippen molar-refractivity contribution in [1.29, 1.82) is 0 Å². The summed E-state index contributed by atoms with van der Waals surface area (Å²) in [6.07, 6.45) is 4.29. The lowest BCUT2D eigenvalue weighted by Gasteiger charge is -2.09. The third-order valence-corrected chi connectivity index (χ3v) is 4.10. The minimum atomic E-state index is -0.978. The number of ether oxygens (including phenoxy) is 2. The monoisotopic (exact) mass is 375 g/mol. The summed E-state index contributed by atoms with van der Waals surface area (Å²) in [7, 11) is 0. The van der Waals surface area contributed by atoms with Crippen molar-refractivity contribution < 1.29 is 19.4 Å². The van der Waals surface area contributed by atoms with Gasteiger partial charge in [0.15, 0.2) is 0 Å². The van der Waals surface area contributed by atoms with Crippen molar-refractivity contribution in [2.45, 2.75) is 20.5 Å². The first kappa shape index (κ1) is 19.2. The molecule has 0 atom stereocenters. The van der Waals surface area contributed by atoms with Gasteiger partial charge in [-0.1, -0.05) is 35.9 Å². The standard InChI is InChI=1S/C23H21NO4/c1-16-3-5-18(6-4-16)15-27-21-10-11-22(24-14-21)28-20-9-7-19(17(2)13-20)8-12-23(25)26/h3-14H,15H2,1-2H3,(H,25,26). The van der Waals surface area contributed by atoms with Crippen molar-refractivity contribution in [3.63, 3.8) is 0 Å². The highest BCUT2D eigenvalue weighted by molar-refractivity contribution is 5.85. The Morgan fingerprint density at radius 3 is 2.43 bits per heavy atom. The molecule has 0 fully saturated rings. The summed E-state index contributed by atoms with van der Waals surface area (Å²) in [4.78, 5) is 14.9. The predicted octanol–water partition coefficient (Wildman–Crippen LogP) is 5.17. The molecule has 2 aromatic carbocycles. The van der Waals surface area contributed by atoms with E-state index in [4.69, 9.17) is 14.6 Å². The average molecular weight is 375 g/mol. The van der Waals surface area contributed by atoms with E-state index in [1.807, 2.05) is 37.3 Å². The Kier molecular flexibility index (Phi) is 6.07. The molecule has 1 N–H and O–H groups in total. The molecule has 5 nitrogen and oxygen atoms in total. The van der Waals surface area contributed by atoms with Crippen LogP contribution in [0.25, 0.3) is 6.08 Å². The lowest BCUT2D eigenvalue weighted by molar-refractivity contribution is -0.131. The van der Waals surface area contributed by atoms with E-state index in [0.717, 1.165) is 22.8 Å². The second-order valence-electron chi connectivity index (χ2n) is 6.40. The Bertz CT molecular complexity index is 976. The van der Waals surface area contributed by atoms with Gasteiger partial charge in [0.1, 0.15) is 18.1 Å². The first-order valence-electron chi connectivity index (χ1n) is 8.83. The molecule has 28 heavy (non-hydrogen) atoms. The third-order valence-electron chi connectivity index (χ3n) is 4.10. The van der Waals surface area contributed by atoms with Crippen LogP contribution in [0, 0.1) is 13.8 Å². The Morgan fingerprint density at radius 2 is 1.79 bits per heavy atom. The normalized spacial score (nSPS) is 10.8. The highest BCUT2D eigenvalue weighted by Gasteiger charge is 2.03. The molecule has 0 saturated heterocycles. The van der Waals surface area contributed by atoms with Crippen molar-refractivity contribution in [3.05, 3.63) is 89.1 Å². The van der Waals surface area contributed by atoms with Crippen LogP contribution in [-0.2, 0) is 11.4 Å². The number of carbonyl (C=O) groups is 1. The van der Waals surface area contributed by atoms with Crippen LogP contribution in [0.4, 0.5) is 0 Å². The predicted molar refractivity (Wildman–Crippen MR) is 108 cm³/mol. The number of hydrogen-bond acceptors (Lipinski definition) is 4. The molecule has 0 aliphatic heterocycles. The van der Waals surface area contributed by atoms with E-state index in [1.165, 1.54) is 5.56 Å². The molecule has 0 bridgehead atoms. The van der Waals surface area contributed by atoms with Gasteiger partial charge in [0.25, 0.3) is 0 Å². The second kappa shape index (κ2) is 8.86. The van der Waals surface area contributed by atoms with Gasteiger partial charge in [-0.25, -0.2) is 9.78 Å². The lowest BCUT2D eigenvalue weighted by atomic mass is 10.1. The molecular formula is C23H21NO4.